The van der Waals surface area contributed by atoms with Crippen LogP contribution in [0.4, 0.5) is 4.79 Å². The third-order valence-electron chi connectivity index (χ3n) is 4.85. The molecule has 1 aliphatic carbocycles. The van der Waals surface area contributed by atoms with Gasteiger partial charge in [-0.2, -0.15) is 0 Å². The van der Waals surface area contributed by atoms with Gasteiger partial charge in [0.1, 0.15) is 12.2 Å². The van der Waals surface area contributed by atoms with E-state index in [-0.39, 0.29) is 24.4 Å². The molecule has 26 heavy (non-hydrogen) atoms. The van der Waals surface area contributed by atoms with E-state index in [0.29, 0.717) is 12.5 Å². The maximum Gasteiger partial charge on any atom is 0.407 e. The lowest BCUT2D eigenvalue weighted by molar-refractivity contribution is -0.163. The van der Waals surface area contributed by atoms with Crippen LogP contribution in [0.5, 0.6) is 0 Å². The number of carbonyl (C=O) groups excluding carboxylic acids is 2. The van der Waals surface area contributed by atoms with Crippen molar-refractivity contribution < 1.29 is 19.1 Å². The van der Waals surface area contributed by atoms with Crippen LogP contribution < -0.4 is 5.32 Å². The molecule has 0 radical (unpaired) electrons. The molecule has 0 bridgehead atoms. The van der Waals surface area contributed by atoms with Gasteiger partial charge in [0.25, 0.3) is 0 Å². The van der Waals surface area contributed by atoms with E-state index in [2.05, 4.69) is 12.2 Å². The summed E-state index contributed by atoms with van der Waals surface area (Å²) in [5, 5.41) is 2.82. The lowest BCUT2D eigenvalue weighted by Gasteiger charge is -2.27. The van der Waals surface area contributed by atoms with E-state index in [0.717, 1.165) is 24.8 Å². The Morgan fingerprint density at radius 1 is 1.12 bits per heavy atom. The lowest BCUT2D eigenvalue weighted by atomic mass is 9.87. The van der Waals surface area contributed by atoms with E-state index in [1.54, 1.807) is 0 Å². The second kappa shape index (κ2) is 9.06. The van der Waals surface area contributed by atoms with E-state index >= 15 is 0 Å². The van der Waals surface area contributed by atoms with Gasteiger partial charge >= 0.3 is 12.1 Å². The number of ether oxygens (including phenoxy) is 2. The van der Waals surface area contributed by atoms with Crippen LogP contribution in [0.3, 0.4) is 0 Å². The van der Waals surface area contributed by atoms with Crippen molar-refractivity contribution in [2.75, 3.05) is 6.54 Å². The fraction of sp³-hybridized carbons (Fsp3) is 0.619. The van der Waals surface area contributed by atoms with Crippen LogP contribution in [-0.4, -0.2) is 24.2 Å². The van der Waals surface area contributed by atoms with Crippen molar-refractivity contribution in [1.29, 1.82) is 0 Å². The Morgan fingerprint density at radius 3 is 2.38 bits per heavy atom. The van der Waals surface area contributed by atoms with Crippen molar-refractivity contribution >= 4 is 12.1 Å². The van der Waals surface area contributed by atoms with Gasteiger partial charge in [-0.1, -0.05) is 43.7 Å². The summed E-state index contributed by atoms with van der Waals surface area (Å²) < 4.78 is 10.9. The van der Waals surface area contributed by atoms with E-state index in [4.69, 9.17) is 9.47 Å². The first-order valence-corrected chi connectivity index (χ1v) is 9.47. The molecule has 1 N–H and O–H groups in total. The highest BCUT2D eigenvalue weighted by molar-refractivity contribution is 5.74. The average molecular weight is 361 g/mol. The molecule has 3 unspecified atom stereocenters. The highest BCUT2D eigenvalue weighted by Crippen LogP contribution is 2.40. The number of carbonyl (C=O) groups is 2. The number of hydrogen-bond donors (Lipinski definition) is 1. The maximum atomic E-state index is 12.6. The molecule has 5 nitrogen and oxygen atoms in total. The summed E-state index contributed by atoms with van der Waals surface area (Å²) in [7, 11) is 0. The Balaban J connectivity index is 1.86. The first-order valence-electron chi connectivity index (χ1n) is 9.47. The lowest BCUT2D eigenvalue weighted by Crippen LogP contribution is -2.38. The van der Waals surface area contributed by atoms with Crippen molar-refractivity contribution in [3.05, 3.63) is 35.9 Å². The summed E-state index contributed by atoms with van der Waals surface area (Å²) in [5.41, 5.74) is 0.450. The highest BCUT2D eigenvalue weighted by Gasteiger charge is 2.42. The molecule has 2 rings (SSSR count). The van der Waals surface area contributed by atoms with E-state index in [9.17, 15) is 9.59 Å². The zero-order chi connectivity index (χ0) is 19.2. The Kier molecular flexibility index (Phi) is 7.06. The van der Waals surface area contributed by atoms with Gasteiger partial charge in [0.05, 0.1) is 5.92 Å². The first kappa shape index (κ1) is 20.3. The molecular weight excluding hydrogens is 330 g/mol. The second-order valence-corrected chi connectivity index (χ2v) is 8.01. The summed E-state index contributed by atoms with van der Waals surface area (Å²) in [4.78, 5) is 24.6. The van der Waals surface area contributed by atoms with Crippen molar-refractivity contribution in [2.45, 2.75) is 59.2 Å². The normalized spacial score (nSPS) is 22.7. The van der Waals surface area contributed by atoms with Crippen LogP contribution in [0.15, 0.2) is 30.3 Å². The molecule has 0 saturated heterocycles. The van der Waals surface area contributed by atoms with Crippen molar-refractivity contribution in [3.63, 3.8) is 0 Å². The smallest absolute Gasteiger partial charge is 0.407 e. The molecule has 1 amide bonds. The van der Waals surface area contributed by atoms with Crippen LogP contribution in [0.2, 0.25) is 0 Å². The molecule has 1 aliphatic rings. The van der Waals surface area contributed by atoms with Crippen LogP contribution in [-0.2, 0) is 20.9 Å². The minimum absolute atomic E-state index is 0.0964. The van der Waals surface area contributed by atoms with Crippen LogP contribution in [0.25, 0.3) is 0 Å². The monoisotopic (exact) mass is 361 g/mol. The largest absolute Gasteiger partial charge is 0.460 e. The molecule has 3 atom stereocenters. The first-order chi connectivity index (χ1) is 12.3. The molecule has 0 aromatic heterocycles. The molecule has 5 heteroatoms. The highest BCUT2D eigenvalue weighted by atomic mass is 16.6. The molecule has 1 aromatic carbocycles. The molecule has 0 aliphatic heterocycles. The fourth-order valence-corrected chi connectivity index (χ4v) is 3.60. The van der Waals surface area contributed by atoms with Gasteiger partial charge in [0, 0.05) is 6.54 Å². The van der Waals surface area contributed by atoms with Crippen molar-refractivity contribution in [1.82, 2.24) is 5.32 Å². The number of rotatable bonds is 6. The minimum atomic E-state index is -0.495. The molecule has 1 fully saturated rings. The fourth-order valence-electron chi connectivity index (χ4n) is 3.60. The standard InChI is InChI=1S/C21H31NO4/c1-5-16-11-12-17(18(16)19(23)26-21(2,3)4)13-22-20(24)25-14-15-9-7-6-8-10-15/h6-10,16-18H,5,11-14H2,1-4H3,(H,22,24). The minimum Gasteiger partial charge on any atom is -0.460 e. The third kappa shape index (κ3) is 6.04. The van der Waals surface area contributed by atoms with Crippen LogP contribution >= 0.6 is 0 Å². The van der Waals surface area contributed by atoms with Gasteiger partial charge in [-0.15, -0.1) is 0 Å². The molecule has 0 heterocycles. The van der Waals surface area contributed by atoms with Gasteiger partial charge < -0.3 is 14.8 Å². The summed E-state index contributed by atoms with van der Waals surface area (Å²) in [6.45, 7) is 8.43. The molecular formula is C21H31NO4. The van der Waals surface area contributed by atoms with Crippen LogP contribution in [0.1, 0.15) is 52.5 Å². The summed E-state index contributed by atoms with van der Waals surface area (Å²) in [6, 6.07) is 9.56. The SMILES string of the molecule is CCC1CCC(CNC(=O)OCc2ccccc2)C1C(=O)OC(C)(C)C. The molecule has 1 saturated carbocycles. The van der Waals surface area contributed by atoms with E-state index in [1.807, 2.05) is 51.1 Å². The zero-order valence-corrected chi connectivity index (χ0v) is 16.3. The number of benzene rings is 1. The predicted octanol–water partition coefficient (Wildman–Crippen LogP) is 4.31. The topological polar surface area (TPSA) is 64.6 Å². The number of nitrogens with one attached hydrogen (secondary N) is 1. The number of hydrogen-bond acceptors (Lipinski definition) is 4. The third-order valence-corrected chi connectivity index (χ3v) is 4.85. The van der Waals surface area contributed by atoms with E-state index < -0.39 is 11.7 Å². The van der Waals surface area contributed by atoms with E-state index in [1.165, 1.54) is 0 Å². The Bertz CT molecular complexity index is 594. The molecule has 0 spiro atoms. The van der Waals surface area contributed by atoms with Crippen molar-refractivity contribution in [3.8, 4) is 0 Å². The predicted molar refractivity (Wildman–Crippen MR) is 100 cm³/mol. The summed E-state index contributed by atoms with van der Waals surface area (Å²) in [6.07, 6.45) is 2.41. The Morgan fingerprint density at radius 2 is 1.77 bits per heavy atom. The van der Waals surface area contributed by atoms with Gasteiger partial charge in [0.2, 0.25) is 0 Å². The Labute approximate surface area is 156 Å². The number of esters is 1. The quantitative estimate of drug-likeness (QED) is 0.767. The van der Waals surface area contributed by atoms with Crippen molar-refractivity contribution in [2.24, 2.45) is 17.8 Å². The van der Waals surface area contributed by atoms with Gasteiger partial charge in [0.15, 0.2) is 0 Å². The second-order valence-electron chi connectivity index (χ2n) is 8.01. The molecule has 1 aromatic rings. The number of amides is 1. The summed E-state index contributed by atoms with van der Waals surface area (Å²) >= 11 is 0. The van der Waals surface area contributed by atoms with Gasteiger partial charge in [-0.25, -0.2) is 4.79 Å². The maximum absolute atomic E-state index is 12.6. The Hall–Kier alpha value is -2.04. The average Bonchev–Trinajstić information content (AvgIpc) is 3.00. The zero-order valence-electron chi connectivity index (χ0n) is 16.3. The number of alkyl carbamates (subject to hydrolysis) is 1. The summed E-state index contributed by atoms with van der Waals surface area (Å²) in [5.74, 6) is 0.107. The molecule has 144 valence electrons. The van der Waals surface area contributed by atoms with Crippen LogP contribution in [0, 0.1) is 17.8 Å². The van der Waals surface area contributed by atoms with Gasteiger partial charge in [-0.3, -0.25) is 4.79 Å². The van der Waals surface area contributed by atoms with Gasteiger partial charge in [-0.05, 0) is 51.0 Å².